The molecule has 4 aromatic rings. The second-order valence-electron chi connectivity index (χ2n) is 5.32. The van der Waals surface area contributed by atoms with Crippen LogP contribution < -0.4 is 10.2 Å². The van der Waals surface area contributed by atoms with Crippen LogP contribution in [0.15, 0.2) is 64.6 Å². The Morgan fingerprint density at radius 3 is 2.76 bits per heavy atom. The molecule has 0 fully saturated rings. The minimum absolute atomic E-state index is 0.0709. The lowest BCUT2D eigenvalue weighted by atomic mass is 10.2. The standard InChI is InChI=1S/C17H11ClN4OS2/c18-15-16(24-25-21-15)20-12-6-7-13-14(8-12)19-10-22(17(13)23)9-11-4-2-1-3-5-11/h1-8,10H,9H2. The fraction of sp³-hybridized carbons (Fsp3) is 0.0588. The second kappa shape index (κ2) is 6.87. The van der Waals surface area contributed by atoms with Crippen molar-refractivity contribution in [1.82, 2.24) is 13.9 Å². The number of nitrogens with zero attached hydrogens (tertiary/aromatic N) is 4. The number of hydrogen-bond donors (Lipinski definition) is 0. The van der Waals surface area contributed by atoms with Crippen LogP contribution >= 0.6 is 32.5 Å². The van der Waals surface area contributed by atoms with E-state index in [1.54, 1.807) is 29.1 Å². The first kappa shape index (κ1) is 16.1. The summed E-state index contributed by atoms with van der Waals surface area (Å²) in [4.78, 5) is 21.5. The van der Waals surface area contributed by atoms with E-state index in [-0.39, 0.29) is 5.56 Å². The van der Waals surface area contributed by atoms with Crippen LogP contribution in [0.1, 0.15) is 5.56 Å². The molecular formula is C17H11ClN4OS2. The predicted octanol–water partition coefficient (Wildman–Crippen LogP) is 3.85. The highest BCUT2D eigenvalue weighted by Crippen LogP contribution is 2.18. The summed E-state index contributed by atoms with van der Waals surface area (Å²) in [5, 5.41) is 0.955. The van der Waals surface area contributed by atoms with Crippen LogP contribution in [0.5, 0.6) is 0 Å². The normalized spacial score (nSPS) is 12.0. The summed E-state index contributed by atoms with van der Waals surface area (Å²) < 4.78 is 6.27. The number of hydrogen-bond acceptors (Lipinski definition) is 6. The molecule has 0 saturated carbocycles. The van der Waals surface area contributed by atoms with Gasteiger partial charge in [-0.3, -0.25) is 9.36 Å². The molecule has 0 aliphatic heterocycles. The van der Waals surface area contributed by atoms with E-state index >= 15 is 0 Å². The van der Waals surface area contributed by atoms with Gasteiger partial charge in [-0.25, -0.2) is 9.98 Å². The largest absolute Gasteiger partial charge is 0.294 e. The lowest BCUT2D eigenvalue weighted by Crippen LogP contribution is -2.21. The van der Waals surface area contributed by atoms with E-state index in [1.165, 1.54) is 20.9 Å². The molecule has 0 aliphatic rings. The summed E-state index contributed by atoms with van der Waals surface area (Å²) in [7, 11) is 2.69. The van der Waals surface area contributed by atoms with E-state index < -0.39 is 0 Å². The van der Waals surface area contributed by atoms with Gasteiger partial charge in [0.1, 0.15) is 0 Å². The highest BCUT2D eigenvalue weighted by atomic mass is 35.5. The van der Waals surface area contributed by atoms with Crippen LogP contribution in [0.2, 0.25) is 5.15 Å². The van der Waals surface area contributed by atoms with Crippen molar-refractivity contribution < 1.29 is 0 Å². The summed E-state index contributed by atoms with van der Waals surface area (Å²) in [5.41, 5.74) is 2.29. The van der Waals surface area contributed by atoms with Gasteiger partial charge in [-0.05, 0) is 34.1 Å². The van der Waals surface area contributed by atoms with Gasteiger partial charge in [-0.1, -0.05) is 41.9 Å². The van der Waals surface area contributed by atoms with Crippen LogP contribution in [-0.4, -0.2) is 13.9 Å². The van der Waals surface area contributed by atoms with Crippen molar-refractivity contribution in [3.05, 3.63) is 80.6 Å². The monoisotopic (exact) mass is 386 g/mol. The van der Waals surface area contributed by atoms with Crippen LogP contribution in [0.4, 0.5) is 5.69 Å². The van der Waals surface area contributed by atoms with Crippen molar-refractivity contribution in [2.75, 3.05) is 0 Å². The van der Waals surface area contributed by atoms with E-state index in [9.17, 15) is 4.79 Å². The zero-order valence-corrected chi connectivity index (χ0v) is 15.2. The SMILES string of the molecule is O=c1c2ccc(N=c3ssnc3Cl)cc2ncn1Cc1ccccc1. The van der Waals surface area contributed by atoms with Crippen molar-refractivity contribution in [2.24, 2.45) is 4.99 Å². The summed E-state index contributed by atoms with van der Waals surface area (Å²) in [6.45, 7) is 0.493. The molecule has 124 valence electrons. The Labute approximate surface area is 155 Å². The molecule has 2 aromatic carbocycles. The van der Waals surface area contributed by atoms with Crippen molar-refractivity contribution in [3.63, 3.8) is 0 Å². The average molecular weight is 387 g/mol. The third-order valence-electron chi connectivity index (χ3n) is 3.65. The van der Waals surface area contributed by atoms with Gasteiger partial charge < -0.3 is 0 Å². The molecule has 25 heavy (non-hydrogen) atoms. The van der Waals surface area contributed by atoms with Gasteiger partial charge in [-0.15, -0.1) is 0 Å². The number of rotatable bonds is 3. The molecule has 0 N–H and O–H groups in total. The first-order valence-electron chi connectivity index (χ1n) is 7.40. The number of fused-ring (bicyclic) bond motifs is 1. The minimum atomic E-state index is -0.0709. The summed E-state index contributed by atoms with van der Waals surface area (Å²) in [5.74, 6) is 0. The number of halogens is 1. The highest BCUT2D eigenvalue weighted by Gasteiger charge is 2.06. The van der Waals surface area contributed by atoms with Gasteiger partial charge in [0.2, 0.25) is 0 Å². The molecule has 8 heteroatoms. The zero-order chi connectivity index (χ0) is 17.2. The van der Waals surface area contributed by atoms with Gasteiger partial charge in [-0.2, -0.15) is 4.37 Å². The van der Waals surface area contributed by atoms with Gasteiger partial charge in [0, 0.05) is 10.5 Å². The quantitative estimate of drug-likeness (QED) is 0.502. The van der Waals surface area contributed by atoms with Crippen LogP contribution in [-0.2, 0) is 6.54 Å². The van der Waals surface area contributed by atoms with Crippen LogP contribution in [0.25, 0.3) is 10.9 Å². The van der Waals surface area contributed by atoms with E-state index in [0.717, 1.165) is 5.56 Å². The van der Waals surface area contributed by atoms with Crippen molar-refractivity contribution in [3.8, 4) is 0 Å². The van der Waals surface area contributed by atoms with Crippen LogP contribution in [0, 0.1) is 0 Å². The lowest BCUT2D eigenvalue weighted by Gasteiger charge is -2.07. The Morgan fingerprint density at radius 2 is 2.00 bits per heavy atom. The molecular weight excluding hydrogens is 376 g/mol. The van der Waals surface area contributed by atoms with Gasteiger partial charge >= 0.3 is 0 Å². The van der Waals surface area contributed by atoms with Crippen molar-refractivity contribution in [2.45, 2.75) is 6.54 Å². The third-order valence-corrected chi connectivity index (χ3v) is 5.82. The van der Waals surface area contributed by atoms with Crippen molar-refractivity contribution >= 4 is 49.1 Å². The topological polar surface area (TPSA) is 60.1 Å². The minimum Gasteiger partial charge on any atom is -0.294 e. The lowest BCUT2D eigenvalue weighted by molar-refractivity contribution is 0.748. The molecule has 0 bridgehead atoms. The third kappa shape index (κ3) is 3.39. The molecule has 0 radical (unpaired) electrons. The smallest absolute Gasteiger partial charge is 0.261 e. The van der Waals surface area contributed by atoms with E-state index in [0.29, 0.717) is 33.0 Å². The van der Waals surface area contributed by atoms with Crippen LogP contribution in [0.3, 0.4) is 0 Å². The first-order valence-corrected chi connectivity index (χ1v) is 9.88. The zero-order valence-electron chi connectivity index (χ0n) is 12.8. The Balaban J connectivity index is 1.75. The maximum absolute atomic E-state index is 12.7. The number of aromatic nitrogens is 3. The molecule has 4 rings (SSSR count). The predicted molar refractivity (Wildman–Crippen MR) is 102 cm³/mol. The molecule has 0 spiro atoms. The maximum Gasteiger partial charge on any atom is 0.261 e. The fourth-order valence-electron chi connectivity index (χ4n) is 2.45. The van der Waals surface area contributed by atoms with E-state index in [1.807, 2.05) is 30.3 Å². The summed E-state index contributed by atoms with van der Waals surface area (Å²) in [6, 6.07) is 15.2. The van der Waals surface area contributed by atoms with Crippen molar-refractivity contribution in [1.29, 1.82) is 0 Å². The molecule has 0 saturated heterocycles. The molecule has 5 nitrogen and oxygen atoms in total. The molecule has 0 atom stereocenters. The Hall–Kier alpha value is -2.35. The molecule has 0 amide bonds. The Bertz CT molecular complexity index is 1160. The van der Waals surface area contributed by atoms with Gasteiger partial charge in [0.25, 0.3) is 5.56 Å². The second-order valence-corrected chi connectivity index (χ2v) is 7.51. The number of benzene rings is 2. The Kier molecular flexibility index (Phi) is 4.44. The van der Waals surface area contributed by atoms with Gasteiger partial charge in [0.15, 0.2) is 9.82 Å². The average Bonchev–Trinajstić information content (AvgIpc) is 3.03. The summed E-state index contributed by atoms with van der Waals surface area (Å²) >= 11 is 5.98. The van der Waals surface area contributed by atoms with Gasteiger partial charge in [0.05, 0.1) is 29.5 Å². The fourth-order valence-corrected chi connectivity index (χ4v) is 4.44. The molecule has 0 unspecified atom stereocenters. The highest BCUT2D eigenvalue weighted by molar-refractivity contribution is 7.66. The Morgan fingerprint density at radius 1 is 1.16 bits per heavy atom. The van der Waals surface area contributed by atoms with E-state index in [4.69, 9.17) is 11.6 Å². The van der Waals surface area contributed by atoms with E-state index in [2.05, 4.69) is 14.3 Å². The maximum atomic E-state index is 12.7. The first-order chi connectivity index (χ1) is 12.2. The molecule has 2 aromatic heterocycles. The summed E-state index contributed by atoms with van der Waals surface area (Å²) in [6.07, 6.45) is 1.57. The molecule has 0 aliphatic carbocycles. The molecule has 2 heterocycles.